The van der Waals surface area contributed by atoms with E-state index in [1.807, 2.05) is 6.07 Å². The maximum absolute atomic E-state index is 12.4. The maximum Gasteiger partial charge on any atom is 0.279 e. The van der Waals surface area contributed by atoms with E-state index in [0.717, 1.165) is 19.3 Å². The molecule has 0 saturated carbocycles. The zero-order chi connectivity index (χ0) is 18.7. The molecule has 2 aromatic rings. The van der Waals surface area contributed by atoms with Crippen LogP contribution in [0.25, 0.3) is 0 Å². The Morgan fingerprint density at radius 3 is 2.62 bits per heavy atom. The Kier molecular flexibility index (Phi) is 5.46. The van der Waals surface area contributed by atoms with E-state index in [9.17, 15) is 9.59 Å². The van der Waals surface area contributed by atoms with Crippen molar-refractivity contribution in [3.8, 4) is 11.5 Å². The van der Waals surface area contributed by atoms with Gasteiger partial charge in [0.2, 0.25) is 0 Å². The molecule has 0 radical (unpaired) electrons. The lowest BCUT2D eigenvalue weighted by Crippen LogP contribution is -2.41. The molecule has 2 N–H and O–H groups in total. The molecule has 26 heavy (non-hydrogen) atoms. The van der Waals surface area contributed by atoms with Crippen LogP contribution in [0.2, 0.25) is 0 Å². The first-order chi connectivity index (χ1) is 12.5. The van der Waals surface area contributed by atoms with Gasteiger partial charge < -0.3 is 9.47 Å². The minimum Gasteiger partial charge on any atom is -0.497 e. The van der Waals surface area contributed by atoms with E-state index in [-0.39, 0.29) is 11.5 Å². The Morgan fingerprint density at radius 2 is 1.88 bits per heavy atom. The minimum atomic E-state index is -0.468. The van der Waals surface area contributed by atoms with Crippen LogP contribution in [-0.2, 0) is 12.8 Å². The molecule has 1 aliphatic rings. The fourth-order valence-electron chi connectivity index (χ4n) is 3.05. The van der Waals surface area contributed by atoms with Crippen LogP contribution in [0.5, 0.6) is 11.5 Å². The molecule has 0 spiro atoms. The second kappa shape index (κ2) is 7.78. The molecule has 7 heteroatoms. The van der Waals surface area contributed by atoms with Gasteiger partial charge in [-0.3, -0.25) is 20.4 Å². The molecular formula is C19H22N2O4S. The predicted octanol–water partition coefficient (Wildman–Crippen LogP) is 2.96. The number of benzene rings is 1. The van der Waals surface area contributed by atoms with E-state index in [2.05, 4.69) is 17.8 Å². The summed E-state index contributed by atoms with van der Waals surface area (Å²) in [4.78, 5) is 26.7. The molecule has 6 nitrogen and oxygen atoms in total. The summed E-state index contributed by atoms with van der Waals surface area (Å²) in [5.74, 6) is 0.796. The SMILES string of the molecule is COc1ccc(OC)c(C(=O)NNC(=O)c2cc3c(s2)CC[C@H](C)C3)c1. The van der Waals surface area contributed by atoms with Gasteiger partial charge in [-0.1, -0.05) is 6.92 Å². The van der Waals surface area contributed by atoms with Crippen molar-refractivity contribution >= 4 is 23.2 Å². The van der Waals surface area contributed by atoms with Gasteiger partial charge in [-0.25, -0.2) is 0 Å². The van der Waals surface area contributed by atoms with Crippen LogP contribution in [0.1, 0.15) is 43.8 Å². The molecule has 0 fully saturated rings. The normalized spacial score (nSPS) is 15.7. The first-order valence-electron chi connectivity index (χ1n) is 8.46. The summed E-state index contributed by atoms with van der Waals surface area (Å²) in [6.45, 7) is 2.22. The number of nitrogens with one attached hydrogen (secondary N) is 2. The lowest BCUT2D eigenvalue weighted by atomic mass is 9.90. The van der Waals surface area contributed by atoms with Crippen LogP contribution < -0.4 is 20.3 Å². The number of thiophene rings is 1. The number of aryl methyl sites for hydroxylation is 1. The zero-order valence-corrected chi connectivity index (χ0v) is 15.9. The number of carbonyl (C=O) groups is 2. The van der Waals surface area contributed by atoms with Gasteiger partial charge >= 0.3 is 0 Å². The number of methoxy groups -OCH3 is 2. The topological polar surface area (TPSA) is 76.7 Å². The number of hydrazine groups is 1. The van der Waals surface area contributed by atoms with E-state index >= 15 is 0 Å². The summed E-state index contributed by atoms with van der Waals surface area (Å²) in [6.07, 6.45) is 3.18. The lowest BCUT2D eigenvalue weighted by molar-refractivity contribution is 0.0847. The number of rotatable bonds is 4. The Labute approximate surface area is 156 Å². The smallest absolute Gasteiger partial charge is 0.279 e. The number of hydrogen-bond acceptors (Lipinski definition) is 5. The van der Waals surface area contributed by atoms with Crippen LogP contribution in [0.3, 0.4) is 0 Å². The summed E-state index contributed by atoms with van der Waals surface area (Å²) in [5, 5.41) is 0. The van der Waals surface area contributed by atoms with Crippen molar-refractivity contribution in [2.45, 2.75) is 26.2 Å². The highest BCUT2D eigenvalue weighted by Gasteiger charge is 2.21. The van der Waals surface area contributed by atoms with Crippen LogP contribution in [0, 0.1) is 5.92 Å². The van der Waals surface area contributed by atoms with E-state index in [1.54, 1.807) is 18.2 Å². The third kappa shape index (κ3) is 3.83. The van der Waals surface area contributed by atoms with Gasteiger partial charge in [-0.05, 0) is 55.0 Å². The summed E-state index contributed by atoms with van der Waals surface area (Å²) >= 11 is 1.50. The third-order valence-electron chi connectivity index (χ3n) is 4.49. The highest BCUT2D eigenvalue weighted by molar-refractivity contribution is 7.14. The molecule has 3 rings (SSSR count). The monoisotopic (exact) mass is 374 g/mol. The molecule has 0 unspecified atom stereocenters. The van der Waals surface area contributed by atoms with Crippen molar-refractivity contribution in [3.63, 3.8) is 0 Å². The van der Waals surface area contributed by atoms with E-state index in [4.69, 9.17) is 9.47 Å². The second-order valence-electron chi connectivity index (χ2n) is 6.38. The van der Waals surface area contributed by atoms with Crippen molar-refractivity contribution in [3.05, 3.63) is 45.1 Å². The molecule has 1 heterocycles. The predicted molar refractivity (Wildman–Crippen MR) is 100.0 cm³/mol. The highest BCUT2D eigenvalue weighted by Crippen LogP contribution is 2.32. The van der Waals surface area contributed by atoms with Gasteiger partial charge in [0.05, 0.1) is 24.7 Å². The average molecular weight is 374 g/mol. The molecule has 1 aromatic heterocycles. The molecule has 0 bridgehead atoms. The quantitative estimate of drug-likeness (QED) is 0.807. The van der Waals surface area contributed by atoms with Crippen molar-refractivity contribution in [2.75, 3.05) is 14.2 Å². The second-order valence-corrected chi connectivity index (χ2v) is 7.52. The first-order valence-corrected chi connectivity index (χ1v) is 9.27. The van der Waals surface area contributed by atoms with Gasteiger partial charge in [0, 0.05) is 4.88 Å². The Balaban J connectivity index is 1.67. The van der Waals surface area contributed by atoms with E-state index < -0.39 is 5.91 Å². The Bertz CT molecular complexity index is 831. The molecule has 0 aliphatic heterocycles. The van der Waals surface area contributed by atoms with Gasteiger partial charge in [0.1, 0.15) is 11.5 Å². The summed E-state index contributed by atoms with van der Waals surface area (Å²) in [5.41, 5.74) is 6.46. The fraction of sp³-hybridized carbons (Fsp3) is 0.368. The average Bonchev–Trinajstić information content (AvgIpc) is 3.08. The standard InChI is InChI=1S/C19H22N2O4S/c1-11-4-7-16-12(8-11)9-17(26-16)19(23)21-20-18(22)14-10-13(24-2)5-6-15(14)25-3/h5-6,9-11H,4,7-8H2,1-3H3,(H,20,22)(H,21,23)/t11-/m0/s1. The lowest BCUT2D eigenvalue weighted by Gasteiger charge is -2.16. The van der Waals surface area contributed by atoms with E-state index in [0.29, 0.717) is 22.3 Å². The number of carbonyl (C=O) groups excluding carboxylic acids is 2. The minimum absolute atomic E-state index is 0.284. The summed E-state index contributed by atoms with van der Waals surface area (Å²) in [6, 6.07) is 6.84. The van der Waals surface area contributed by atoms with Crippen molar-refractivity contribution in [2.24, 2.45) is 5.92 Å². The van der Waals surface area contributed by atoms with Crippen LogP contribution >= 0.6 is 11.3 Å². The van der Waals surface area contributed by atoms with Gasteiger partial charge in [0.15, 0.2) is 0 Å². The summed E-state index contributed by atoms with van der Waals surface area (Å²) < 4.78 is 10.3. The van der Waals surface area contributed by atoms with Gasteiger partial charge in [-0.2, -0.15) is 0 Å². The number of ether oxygens (including phenoxy) is 2. The Hall–Kier alpha value is -2.54. The molecule has 1 atom stereocenters. The fourth-order valence-corrected chi connectivity index (χ4v) is 4.16. The van der Waals surface area contributed by atoms with Gasteiger partial charge in [-0.15, -0.1) is 11.3 Å². The van der Waals surface area contributed by atoms with Crippen molar-refractivity contribution < 1.29 is 19.1 Å². The number of amides is 2. The van der Waals surface area contributed by atoms with E-state index in [1.165, 1.54) is 36.0 Å². The largest absolute Gasteiger partial charge is 0.497 e. The van der Waals surface area contributed by atoms with Gasteiger partial charge in [0.25, 0.3) is 11.8 Å². The Morgan fingerprint density at radius 1 is 1.12 bits per heavy atom. The highest BCUT2D eigenvalue weighted by atomic mass is 32.1. The summed E-state index contributed by atoms with van der Waals surface area (Å²) in [7, 11) is 3.00. The van der Waals surface area contributed by atoms with Crippen LogP contribution in [0.4, 0.5) is 0 Å². The van der Waals surface area contributed by atoms with Crippen molar-refractivity contribution in [1.82, 2.24) is 10.9 Å². The number of hydrogen-bond donors (Lipinski definition) is 2. The van der Waals surface area contributed by atoms with Crippen LogP contribution in [-0.4, -0.2) is 26.0 Å². The molecule has 1 aromatic carbocycles. The number of fused-ring (bicyclic) bond motifs is 1. The van der Waals surface area contributed by atoms with Crippen LogP contribution in [0.15, 0.2) is 24.3 Å². The van der Waals surface area contributed by atoms with Crippen molar-refractivity contribution in [1.29, 1.82) is 0 Å². The first kappa shape index (κ1) is 18.3. The molecule has 2 amide bonds. The third-order valence-corrected chi connectivity index (χ3v) is 5.73. The zero-order valence-electron chi connectivity index (χ0n) is 15.0. The maximum atomic E-state index is 12.4. The molecule has 138 valence electrons. The molecule has 1 aliphatic carbocycles. The molecule has 0 saturated heterocycles. The molecular weight excluding hydrogens is 352 g/mol.